The zero-order valence-corrected chi connectivity index (χ0v) is 19.9. The van der Waals surface area contributed by atoms with E-state index in [9.17, 15) is 29.4 Å². The molecule has 0 amide bonds. The standard InChI is InChI=1S/C23H33FN2O9/c1-3-14(4-2)20(30)34-13-26-16(27)10-11-25(22(26)32)19-17(28)18(29)23(24,35-19)12-33-21(31)15-8-6-5-7-9-15/h10-11,14-15,17-19,28-29H,3-9,12-13H2,1-2H3/t17-,18+,19-,23-/m1/s1. The van der Waals surface area contributed by atoms with E-state index >= 15 is 4.39 Å². The van der Waals surface area contributed by atoms with Gasteiger partial charge in [-0.2, -0.15) is 0 Å². The van der Waals surface area contributed by atoms with E-state index < -0.39 is 66.7 Å². The first-order chi connectivity index (χ1) is 16.6. The molecule has 0 aromatic carbocycles. The van der Waals surface area contributed by atoms with Crippen molar-refractivity contribution in [2.75, 3.05) is 6.61 Å². The number of ether oxygens (including phenoxy) is 3. The first-order valence-electron chi connectivity index (χ1n) is 12.0. The number of aromatic nitrogens is 2. The summed E-state index contributed by atoms with van der Waals surface area (Å²) in [4.78, 5) is 49.5. The van der Waals surface area contributed by atoms with Crippen LogP contribution in [0.25, 0.3) is 0 Å². The molecule has 2 N–H and O–H groups in total. The Hall–Kier alpha value is -2.57. The van der Waals surface area contributed by atoms with Crippen molar-refractivity contribution < 1.29 is 38.4 Å². The first-order valence-corrected chi connectivity index (χ1v) is 12.0. The molecule has 4 atom stereocenters. The Labute approximate surface area is 201 Å². The largest absolute Gasteiger partial charge is 0.459 e. The quantitative estimate of drug-likeness (QED) is 0.474. The van der Waals surface area contributed by atoms with E-state index in [1.165, 1.54) is 0 Å². The van der Waals surface area contributed by atoms with Gasteiger partial charge in [0.1, 0.15) is 12.2 Å². The van der Waals surface area contributed by atoms with Gasteiger partial charge in [0.05, 0.1) is 11.8 Å². The maximum atomic E-state index is 15.4. The summed E-state index contributed by atoms with van der Waals surface area (Å²) in [7, 11) is 0. The Morgan fingerprint density at radius 3 is 2.46 bits per heavy atom. The molecule has 2 aliphatic rings. The van der Waals surface area contributed by atoms with Crippen LogP contribution in [-0.2, 0) is 30.5 Å². The van der Waals surface area contributed by atoms with Crippen LogP contribution in [0.2, 0.25) is 0 Å². The van der Waals surface area contributed by atoms with Crippen LogP contribution in [-0.4, -0.2) is 56.0 Å². The Balaban J connectivity index is 1.74. The SMILES string of the molecule is CCC(CC)C(=O)OCn1c(=O)ccn([C@@H]2O[C@](F)(COC(=O)C3CCCCC3)[C@@H](O)[C@H]2O)c1=O. The zero-order chi connectivity index (χ0) is 25.8. The summed E-state index contributed by atoms with van der Waals surface area (Å²) in [6, 6.07) is 0.955. The molecule has 1 saturated carbocycles. The van der Waals surface area contributed by atoms with E-state index in [0.717, 1.165) is 31.5 Å². The summed E-state index contributed by atoms with van der Waals surface area (Å²) in [5.41, 5.74) is -1.83. The number of hydrogen-bond donors (Lipinski definition) is 2. The molecule has 12 heteroatoms. The van der Waals surface area contributed by atoms with Crippen LogP contribution < -0.4 is 11.2 Å². The van der Waals surface area contributed by atoms with Gasteiger partial charge in [-0.3, -0.25) is 19.0 Å². The van der Waals surface area contributed by atoms with Crippen LogP contribution in [0.15, 0.2) is 21.9 Å². The minimum atomic E-state index is -2.98. The van der Waals surface area contributed by atoms with Crippen LogP contribution in [0, 0.1) is 11.8 Å². The molecule has 2 fully saturated rings. The number of esters is 2. The number of hydrogen-bond acceptors (Lipinski definition) is 9. The van der Waals surface area contributed by atoms with Crippen molar-refractivity contribution in [2.24, 2.45) is 11.8 Å². The number of alkyl halides is 1. The van der Waals surface area contributed by atoms with Gasteiger partial charge in [-0.05, 0) is 25.7 Å². The van der Waals surface area contributed by atoms with Gasteiger partial charge in [-0.1, -0.05) is 33.1 Å². The summed E-state index contributed by atoms with van der Waals surface area (Å²) in [5, 5.41) is 20.7. The number of carbonyl (C=O) groups is 2. The number of carbonyl (C=O) groups excluding carboxylic acids is 2. The Kier molecular flexibility index (Phi) is 8.84. The number of rotatable bonds is 9. The molecule has 0 unspecified atom stereocenters. The van der Waals surface area contributed by atoms with Crippen molar-refractivity contribution in [3.8, 4) is 0 Å². The molecule has 0 bridgehead atoms. The predicted molar refractivity (Wildman–Crippen MR) is 119 cm³/mol. The summed E-state index contributed by atoms with van der Waals surface area (Å²) in [6.45, 7) is 1.95. The summed E-state index contributed by atoms with van der Waals surface area (Å²) in [6.07, 6.45) is 0.258. The maximum Gasteiger partial charge on any atom is 0.335 e. The van der Waals surface area contributed by atoms with Gasteiger partial charge in [0.25, 0.3) is 11.4 Å². The number of aliphatic hydroxyl groups is 2. The summed E-state index contributed by atoms with van der Waals surface area (Å²) in [5.74, 6) is -4.92. The van der Waals surface area contributed by atoms with Gasteiger partial charge in [-0.25, -0.2) is 13.8 Å². The van der Waals surface area contributed by atoms with Crippen molar-refractivity contribution in [2.45, 2.75) is 89.8 Å². The molecule has 0 spiro atoms. The van der Waals surface area contributed by atoms with E-state index in [0.29, 0.717) is 34.8 Å². The minimum absolute atomic E-state index is 0.361. The van der Waals surface area contributed by atoms with Crippen molar-refractivity contribution in [3.05, 3.63) is 33.1 Å². The van der Waals surface area contributed by atoms with E-state index in [1.54, 1.807) is 13.8 Å². The van der Waals surface area contributed by atoms with Crippen molar-refractivity contribution >= 4 is 11.9 Å². The number of nitrogens with zero attached hydrogens (tertiary/aromatic N) is 2. The van der Waals surface area contributed by atoms with Gasteiger partial charge < -0.3 is 24.4 Å². The molecule has 196 valence electrons. The highest BCUT2D eigenvalue weighted by molar-refractivity contribution is 5.72. The highest BCUT2D eigenvalue weighted by Gasteiger charge is 2.57. The topological polar surface area (TPSA) is 146 Å². The fourth-order valence-corrected chi connectivity index (χ4v) is 4.43. The van der Waals surface area contributed by atoms with Crippen molar-refractivity contribution in [1.29, 1.82) is 0 Å². The maximum absolute atomic E-state index is 15.4. The van der Waals surface area contributed by atoms with Gasteiger partial charge in [-0.15, -0.1) is 0 Å². The van der Waals surface area contributed by atoms with E-state index in [2.05, 4.69) is 0 Å². The Bertz CT molecular complexity index is 1010. The molecule has 11 nitrogen and oxygen atoms in total. The van der Waals surface area contributed by atoms with Crippen molar-refractivity contribution in [1.82, 2.24) is 9.13 Å². The monoisotopic (exact) mass is 500 g/mol. The lowest BCUT2D eigenvalue weighted by molar-refractivity contribution is -0.218. The molecule has 0 radical (unpaired) electrons. The molecule has 1 saturated heterocycles. The third kappa shape index (κ3) is 5.81. The average molecular weight is 501 g/mol. The second-order valence-electron chi connectivity index (χ2n) is 9.05. The van der Waals surface area contributed by atoms with Crippen LogP contribution in [0.4, 0.5) is 4.39 Å². The lowest BCUT2D eigenvalue weighted by Gasteiger charge is -2.25. The predicted octanol–water partition coefficient (Wildman–Crippen LogP) is 0.987. The Morgan fingerprint density at radius 1 is 1.17 bits per heavy atom. The molecule has 1 aliphatic heterocycles. The Morgan fingerprint density at radius 2 is 1.83 bits per heavy atom. The average Bonchev–Trinajstić information content (AvgIpc) is 3.08. The summed E-state index contributed by atoms with van der Waals surface area (Å²) >= 11 is 0. The molecular formula is C23H33FN2O9. The summed E-state index contributed by atoms with van der Waals surface area (Å²) < 4.78 is 32.0. The molecule has 2 heterocycles. The van der Waals surface area contributed by atoms with Gasteiger partial charge in [0.2, 0.25) is 0 Å². The molecule has 35 heavy (non-hydrogen) atoms. The fraction of sp³-hybridized carbons (Fsp3) is 0.739. The molecule has 1 aliphatic carbocycles. The lowest BCUT2D eigenvalue weighted by Crippen LogP contribution is -2.44. The zero-order valence-electron chi connectivity index (χ0n) is 19.9. The molecule has 1 aromatic rings. The highest BCUT2D eigenvalue weighted by atomic mass is 19.2. The van der Waals surface area contributed by atoms with E-state index in [1.807, 2.05) is 0 Å². The van der Waals surface area contributed by atoms with Crippen LogP contribution in [0.3, 0.4) is 0 Å². The number of aliphatic hydroxyl groups excluding tert-OH is 2. The van der Waals surface area contributed by atoms with Gasteiger partial charge in [0.15, 0.2) is 19.6 Å². The third-order valence-corrected chi connectivity index (χ3v) is 6.75. The normalized spacial score (nSPS) is 27.2. The van der Waals surface area contributed by atoms with E-state index in [-0.39, 0.29) is 5.92 Å². The number of halogens is 1. The highest BCUT2D eigenvalue weighted by Crippen LogP contribution is 2.38. The second-order valence-corrected chi connectivity index (χ2v) is 9.05. The van der Waals surface area contributed by atoms with Crippen LogP contribution >= 0.6 is 0 Å². The van der Waals surface area contributed by atoms with E-state index in [4.69, 9.17) is 14.2 Å². The second kappa shape index (κ2) is 11.4. The first kappa shape index (κ1) is 27.0. The van der Waals surface area contributed by atoms with Crippen molar-refractivity contribution in [3.63, 3.8) is 0 Å². The molecular weight excluding hydrogens is 467 g/mol. The van der Waals surface area contributed by atoms with Gasteiger partial charge >= 0.3 is 17.6 Å². The van der Waals surface area contributed by atoms with Crippen LogP contribution in [0.1, 0.15) is 65.0 Å². The third-order valence-electron chi connectivity index (χ3n) is 6.75. The van der Waals surface area contributed by atoms with Crippen LogP contribution in [0.5, 0.6) is 0 Å². The minimum Gasteiger partial charge on any atom is -0.459 e. The lowest BCUT2D eigenvalue weighted by atomic mass is 9.89. The fourth-order valence-electron chi connectivity index (χ4n) is 4.43. The molecule has 1 aromatic heterocycles. The van der Waals surface area contributed by atoms with Gasteiger partial charge in [0, 0.05) is 12.3 Å². The molecule has 3 rings (SSSR count). The smallest absolute Gasteiger partial charge is 0.335 e.